The monoisotopic (exact) mass is 283 g/mol. The van der Waals surface area contributed by atoms with Crippen molar-refractivity contribution in [3.63, 3.8) is 0 Å². The van der Waals surface area contributed by atoms with Crippen molar-refractivity contribution in [3.05, 3.63) is 34.9 Å². The lowest BCUT2D eigenvalue weighted by molar-refractivity contribution is -0.131. The van der Waals surface area contributed by atoms with Crippen molar-refractivity contribution in [2.75, 3.05) is 6.54 Å². The Kier molecular flexibility index (Phi) is 3.17. The number of aryl methyl sites for hydroxylation is 2. The molecule has 1 aliphatic heterocycles. The first-order chi connectivity index (χ1) is 10.1. The summed E-state index contributed by atoms with van der Waals surface area (Å²) >= 11 is 0. The normalized spacial score (nSPS) is 23.9. The van der Waals surface area contributed by atoms with Gasteiger partial charge in [0.1, 0.15) is 5.54 Å². The van der Waals surface area contributed by atoms with E-state index in [0.29, 0.717) is 0 Å². The van der Waals surface area contributed by atoms with Crippen molar-refractivity contribution in [1.82, 2.24) is 10.2 Å². The highest BCUT2D eigenvalue weighted by Crippen LogP contribution is 2.32. The summed E-state index contributed by atoms with van der Waals surface area (Å²) in [7, 11) is 0. The Bertz CT molecular complexity index is 662. The van der Waals surface area contributed by atoms with Gasteiger partial charge in [-0.3, -0.25) is 9.69 Å². The van der Waals surface area contributed by atoms with Crippen LogP contribution in [0.25, 0.3) is 0 Å². The second-order valence-corrected chi connectivity index (χ2v) is 5.76. The zero-order chi connectivity index (χ0) is 15.0. The third-order valence-corrected chi connectivity index (χ3v) is 4.40. The largest absolute Gasteiger partial charge is 0.325 e. The number of amides is 3. The first-order valence-electron chi connectivity index (χ1n) is 7.19. The summed E-state index contributed by atoms with van der Waals surface area (Å²) in [6.07, 6.45) is 3.41. The Morgan fingerprint density at radius 2 is 2.10 bits per heavy atom. The molecule has 0 saturated carbocycles. The maximum Gasteiger partial charge on any atom is 0.325 e. The molecular formula is C16H17N3O2. The van der Waals surface area contributed by atoms with Gasteiger partial charge in [0.25, 0.3) is 5.91 Å². The number of nitrogens with one attached hydrogen (secondary N) is 1. The van der Waals surface area contributed by atoms with Crippen molar-refractivity contribution in [2.24, 2.45) is 0 Å². The Hall–Kier alpha value is -2.35. The van der Waals surface area contributed by atoms with Crippen LogP contribution in [-0.4, -0.2) is 23.4 Å². The van der Waals surface area contributed by atoms with E-state index in [1.165, 1.54) is 11.1 Å². The van der Waals surface area contributed by atoms with Crippen molar-refractivity contribution >= 4 is 11.9 Å². The lowest BCUT2D eigenvalue weighted by atomic mass is 9.89. The third kappa shape index (κ3) is 2.07. The number of benzene rings is 1. The summed E-state index contributed by atoms with van der Waals surface area (Å²) in [5.41, 5.74) is 2.40. The summed E-state index contributed by atoms with van der Waals surface area (Å²) < 4.78 is 0. The quantitative estimate of drug-likeness (QED) is 0.860. The SMILES string of the molecule is C[C@@]1(c2ccc3c(c2)CCC3)NC(=O)N(CCC#N)C1=O. The van der Waals surface area contributed by atoms with E-state index in [1.807, 2.05) is 18.2 Å². The summed E-state index contributed by atoms with van der Waals surface area (Å²) in [5.74, 6) is -0.277. The molecule has 0 aromatic heterocycles. The number of nitrogens with zero attached hydrogens (tertiary/aromatic N) is 2. The number of fused-ring (bicyclic) bond motifs is 1. The highest BCUT2D eigenvalue weighted by Gasteiger charge is 2.48. The minimum absolute atomic E-state index is 0.141. The molecule has 21 heavy (non-hydrogen) atoms. The number of hydrogen-bond acceptors (Lipinski definition) is 3. The molecule has 5 heteroatoms. The summed E-state index contributed by atoms with van der Waals surface area (Å²) in [5, 5.41) is 11.4. The molecule has 2 aliphatic rings. The molecule has 0 spiro atoms. The fourth-order valence-electron chi connectivity index (χ4n) is 3.14. The summed E-state index contributed by atoms with van der Waals surface area (Å²) in [6.45, 7) is 1.87. The van der Waals surface area contributed by atoms with Crippen molar-refractivity contribution in [2.45, 2.75) is 38.1 Å². The van der Waals surface area contributed by atoms with Crippen LogP contribution in [0, 0.1) is 11.3 Å². The van der Waals surface area contributed by atoms with Gasteiger partial charge in [-0.15, -0.1) is 0 Å². The minimum atomic E-state index is -1.02. The number of rotatable bonds is 3. The van der Waals surface area contributed by atoms with E-state index < -0.39 is 11.6 Å². The minimum Gasteiger partial charge on any atom is -0.319 e. The van der Waals surface area contributed by atoms with E-state index in [0.717, 1.165) is 29.7 Å². The summed E-state index contributed by atoms with van der Waals surface area (Å²) in [6, 6.07) is 7.56. The zero-order valence-electron chi connectivity index (χ0n) is 12.0. The van der Waals surface area contributed by atoms with Gasteiger partial charge in [-0.2, -0.15) is 5.26 Å². The molecule has 3 rings (SSSR count). The topological polar surface area (TPSA) is 73.2 Å². The highest BCUT2D eigenvalue weighted by molar-refractivity contribution is 6.07. The van der Waals surface area contributed by atoms with Crippen LogP contribution in [0.15, 0.2) is 18.2 Å². The molecule has 1 fully saturated rings. The van der Waals surface area contributed by atoms with E-state index in [-0.39, 0.29) is 18.9 Å². The molecule has 0 bridgehead atoms. The second kappa shape index (κ2) is 4.88. The van der Waals surface area contributed by atoms with E-state index in [4.69, 9.17) is 5.26 Å². The van der Waals surface area contributed by atoms with Crippen molar-refractivity contribution in [3.8, 4) is 6.07 Å². The van der Waals surface area contributed by atoms with E-state index in [1.54, 1.807) is 6.92 Å². The Morgan fingerprint density at radius 1 is 1.33 bits per heavy atom. The molecule has 1 saturated heterocycles. The highest BCUT2D eigenvalue weighted by atomic mass is 16.2. The van der Waals surface area contributed by atoms with Crippen LogP contribution in [0.5, 0.6) is 0 Å². The number of imide groups is 1. The maximum absolute atomic E-state index is 12.6. The molecular weight excluding hydrogens is 266 g/mol. The lowest BCUT2D eigenvalue weighted by Crippen LogP contribution is -2.41. The van der Waals surface area contributed by atoms with E-state index >= 15 is 0 Å². The zero-order valence-corrected chi connectivity index (χ0v) is 12.0. The molecule has 108 valence electrons. The van der Waals surface area contributed by atoms with Gasteiger partial charge in [0.15, 0.2) is 0 Å². The molecule has 1 atom stereocenters. The van der Waals surface area contributed by atoms with Gasteiger partial charge in [-0.1, -0.05) is 18.2 Å². The van der Waals surface area contributed by atoms with Gasteiger partial charge in [0.05, 0.1) is 12.5 Å². The molecule has 5 nitrogen and oxygen atoms in total. The van der Waals surface area contributed by atoms with E-state index in [9.17, 15) is 9.59 Å². The molecule has 3 amide bonds. The second-order valence-electron chi connectivity index (χ2n) is 5.76. The number of carbonyl (C=O) groups is 2. The Labute approximate surface area is 123 Å². The van der Waals surface area contributed by atoms with Crippen LogP contribution >= 0.6 is 0 Å². The van der Waals surface area contributed by atoms with Crippen LogP contribution in [-0.2, 0) is 23.2 Å². The van der Waals surface area contributed by atoms with Crippen LogP contribution in [0.3, 0.4) is 0 Å². The predicted molar refractivity (Wildman–Crippen MR) is 76.3 cm³/mol. The summed E-state index contributed by atoms with van der Waals surface area (Å²) in [4.78, 5) is 25.7. The molecule has 1 aliphatic carbocycles. The molecule has 1 aromatic carbocycles. The maximum atomic E-state index is 12.6. The molecule has 1 aromatic rings. The average Bonchev–Trinajstić information content (AvgIpc) is 3.01. The van der Waals surface area contributed by atoms with Crippen LogP contribution in [0.4, 0.5) is 4.79 Å². The van der Waals surface area contributed by atoms with Crippen LogP contribution in [0.2, 0.25) is 0 Å². The van der Waals surface area contributed by atoms with Gasteiger partial charge >= 0.3 is 6.03 Å². The lowest BCUT2D eigenvalue weighted by Gasteiger charge is -2.23. The third-order valence-electron chi connectivity index (χ3n) is 4.40. The number of urea groups is 1. The molecule has 0 unspecified atom stereocenters. The Morgan fingerprint density at radius 3 is 2.86 bits per heavy atom. The smallest absolute Gasteiger partial charge is 0.319 e. The van der Waals surface area contributed by atoms with Gasteiger partial charge < -0.3 is 5.32 Å². The van der Waals surface area contributed by atoms with Gasteiger partial charge in [-0.05, 0) is 42.9 Å². The van der Waals surface area contributed by atoms with Crippen molar-refractivity contribution in [1.29, 1.82) is 5.26 Å². The number of hydrogen-bond donors (Lipinski definition) is 1. The van der Waals surface area contributed by atoms with Gasteiger partial charge in [0.2, 0.25) is 0 Å². The average molecular weight is 283 g/mol. The fraction of sp³-hybridized carbons (Fsp3) is 0.438. The van der Waals surface area contributed by atoms with Crippen LogP contribution in [0.1, 0.15) is 36.5 Å². The number of nitriles is 1. The standard InChI is InChI=1S/C16H17N3O2/c1-16(13-7-6-11-4-2-5-12(11)10-13)14(20)19(9-3-8-17)15(21)18-16/h6-7,10H,2-5,9H2,1H3,(H,18,21)/t16-/m0/s1. The molecule has 1 heterocycles. The Balaban J connectivity index is 1.92. The van der Waals surface area contributed by atoms with Crippen molar-refractivity contribution < 1.29 is 9.59 Å². The first kappa shape index (κ1) is 13.6. The van der Waals surface area contributed by atoms with Gasteiger partial charge in [0, 0.05) is 6.54 Å². The van der Waals surface area contributed by atoms with E-state index in [2.05, 4.69) is 11.4 Å². The first-order valence-corrected chi connectivity index (χ1v) is 7.19. The molecule has 0 radical (unpaired) electrons. The molecule has 1 N–H and O–H groups in total. The van der Waals surface area contributed by atoms with Gasteiger partial charge in [-0.25, -0.2) is 4.79 Å². The fourth-order valence-corrected chi connectivity index (χ4v) is 3.14. The van der Waals surface area contributed by atoms with Crippen LogP contribution < -0.4 is 5.32 Å². The number of carbonyl (C=O) groups excluding carboxylic acids is 2. The predicted octanol–water partition coefficient (Wildman–Crippen LogP) is 1.86.